The summed E-state index contributed by atoms with van der Waals surface area (Å²) in [5, 5.41) is 8.44. The summed E-state index contributed by atoms with van der Waals surface area (Å²) in [6.07, 6.45) is 0.243. The minimum Gasteiger partial charge on any atom is -0.492 e. The van der Waals surface area contributed by atoms with Gasteiger partial charge in [-0.25, -0.2) is 9.59 Å². The van der Waals surface area contributed by atoms with Gasteiger partial charge < -0.3 is 24.1 Å². The van der Waals surface area contributed by atoms with Gasteiger partial charge in [-0.15, -0.1) is 0 Å². The number of rotatable bonds is 6. The topological polar surface area (TPSA) is 125 Å². The molecule has 2 aromatic rings. The molecule has 0 radical (unpaired) electrons. The Morgan fingerprint density at radius 2 is 1.50 bits per heavy atom. The molecular weight excluding hydrogens is 444 g/mol. The van der Waals surface area contributed by atoms with Crippen LogP contribution in [0, 0.1) is 0 Å². The fourth-order valence-electron chi connectivity index (χ4n) is 2.68. The second-order valence-electron chi connectivity index (χ2n) is 6.18. The maximum absolute atomic E-state index is 11.5. The van der Waals surface area contributed by atoms with Gasteiger partial charge in [-0.05, 0) is 24.3 Å². The molecule has 2 aromatic carbocycles. The predicted molar refractivity (Wildman–Crippen MR) is 128 cm³/mol. The lowest BCUT2D eigenvalue weighted by Gasteiger charge is -2.18. The average Bonchev–Trinajstić information content (AvgIpc) is 2.78. The molecule has 0 aromatic heterocycles. The number of ketones is 1. The van der Waals surface area contributed by atoms with Gasteiger partial charge in [0.1, 0.15) is 22.6 Å². The number of aliphatic carboxylic acids is 1. The van der Waals surface area contributed by atoms with Gasteiger partial charge in [0.25, 0.3) is 0 Å². The molecular formula is C25H34O9. The molecule has 34 heavy (non-hydrogen) atoms. The molecule has 0 saturated heterocycles. The number of fused-ring (bicyclic) bond motifs is 1. The van der Waals surface area contributed by atoms with E-state index in [1.54, 1.807) is 42.5 Å². The lowest BCUT2D eigenvalue weighted by molar-refractivity contribution is -0.137. The van der Waals surface area contributed by atoms with E-state index >= 15 is 0 Å². The number of carbonyl (C=O) groups excluding carboxylic acids is 3. The van der Waals surface area contributed by atoms with E-state index in [0.29, 0.717) is 35.7 Å². The minimum absolute atomic E-state index is 0. The van der Waals surface area contributed by atoms with Crippen molar-refractivity contribution >= 4 is 23.7 Å². The molecule has 1 aliphatic heterocycles. The summed E-state index contributed by atoms with van der Waals surface area (Å²) in [7, 11) is 2.57. The number of carbonyl (C=O) groups is 4. The number of para-hydroxylation sites is 2. The molecule has 0 atom stereocenters. The largest absolute Gasteiger partial charge is 0.492 e. The number of hydrogen-bond acceptors (Lipinski definition) is 8. The number of benzene rings is 2. The van der Waals surface area contributed by atoms with Gasteiger partial charge in [0.15, 0.2) is 5.78 Å². The van der Waals surface area contributed by atoms with Crippen molar-refractivity contribution in [3.8, 4) is 11.5 Å². The highest BCUT2D eigenvalue weighted by Gasteiger charge is 2.24. The molecule has 188 valence electrons. The molecule has 0 aliphatic carbocycles. The molecule has 0 bridgehead atoms. The summed E-state index contributed by atoms with van der Waals surface area (Å²) in [6, 6.07) is 11.4. The van der Waals surface area contributed by atoms with Gasteiger partial charge in [0, 0.05) is 6.42 Å². The lowest BCUT2D eigenvalue weighted by Crippen LogP contribution is -2.18. The third-order valence-corrected chi connectivity index (χ3v) is 4.16. The quantitative estimate of drug-likeness (QED) is 0.589. The molecule has 1 N–H and O–H groups in total. The van der Waals surface area contributed by atoms with Crippen molar-refractivity contribution < 1.29 is 43.2 Å². The van der Waals surface area contributed by atoms with E-state index in [4.69, 9.17) is 14.6 Å². The van der Waals surface area contributed by atoms with Crippen molar-refractivity contribution in [2.75, 3.05) is 27.4 Å². The second-order valence-corrected chi connectivity index (χ2v) is 6.18. The average molecular weight is 479 g/mol. The molecule has 1 heterocycles. The van der Waals surface area contributed by atoms with Crippen LogP contribution in [0.4, 0.5) is 0 Å². The maximum atomic E-state index is 11.5. The Hall–Kier alpha value is -3.88. The summed E-state index contributed by atoms with van der Waals surface area (Å²) >= 11 is 0. The van der Waals surface area contributed by atoms with Gasteiger partial charge >= 0.3 is 17.9 Å². The molecule has 0 unspecified atom stereocenters. The Balaban J connectivity index is 0. The number of carboxylic acid groups (broad SMARTS) is 1. The number of carboxylic acids is 1. The van der Waals surface area contributed by atoms with E-state index in [1.807, 2.05) is 0 Å². The zero-order chi connectivity index (χ0) is 22.8. The van der Waals surface area contributed by atoms with Gasteiger partial charge in [-0.2, -0.15) is 0 Å². The van der Waals surface area contributed by atoms with E-state index in [9.17, 15) is 19.2 Å². The SMILES string of the molecule is C.C.C.COC(=O)c1cccc2c1OCCC2=O.COC(=O)c1ccccc1OCCC(=O)O. The fourth-order valence-corrected chi connectivity index (χ4v) is 2.68. The van der Waals surface area contributed by atoms with Crippen LogP contribution in [0.15, 0.2) is 42.5 Å². The highest BCUT2D eigenvalue weighted by Crippen LogP contribution is 2.29. The van der Waals surface area contributed by atoms with Crippen LogP contribution in [0.1, 0.15) is 66.2 Å². The van der Waals surface area contributed by atoms with Crippen molar-refractivity contribution in [3.05, 3.63) is 59.2 Å². The van der Waals surface area contributed by atoms with Gasteiger partial charge in [-0.3, -0.25) is 9.59 Å². The van der Waals surface area contributed by atoms with E-state index in [1.165, 1.54) is 14.2 Å². The summed E-state index contributed by atoms with van der Waals surface area (Å²) in [4.78, 5) is 44.5. The van der Waals surface area contributed by atoms with Gasteiger partial charge in [0.05, 0.1) is 39.4 Å². The van der Waals surface area contributed by atoms with Gasteiger partial charge in [0.2, 0.25) is 0 Å². The Morgan fingerprint density at radius 1 is 0.912 bits per heavy atom. The highest BCUT2D eigenvalue weighted by atomic mass is 16.5. The summed E-state index contributed by atoms with van der Waals surface area (Å²) in [5.41, 5.74) is 1.06. The van der Waals surface area contributed by atoms with Crippen LogP contribution in [0.2, 0.25) is 0 Å². The van der Waals surface area contributed by atoms with Crippen LogP contribution in [0.3, 0.4) is 0 Å². The van der Waals surface area contributed by atoms with Crippen LogP contribution in [0.25, 0.3) is 0 Å². The Bertz CT molecular complexity index is 967. The van der Waals surface area contributed by atoms with E-state index < -0.39 is 17.9 Å². The molecule has 0 fully saturated rings. The Labute approximate surface area is 200 Å². The molecule has 9 heteroatoms. The normalized spacial score (nSPS) is 10.7. The van der Waals surface area contributed by atoms with Crippen LogP contribution in [0.5, 0.6) is 11.5 Å². The fraction of sp³-hybridized carbons (Fsp3) is 0.360. The monoisotopic (exact) mass is 478 g/mol. The lowest BCUT2D eigenvalue weighted by atomic mass is 10.0. The summed E-state index contributed by atoms with van der Waals surface area (Å²) in [5.74, 6) is -1.26. The first kappa shape index (κ1) is 32.3. The highest BCUT2D eigenvalue weighted by molar-refractivity contribution is 6.04. The zero-order valence-corrected chi connectivity index (χ0v) is 17.1. The molecule has 0 spiro atoms. The van der Waals surface area contributed by atoms with Gasteiger partial charge in [-0.1, -0.05) is 40.5 Å². The Morgan fingerprint density at radius 3 is 2.12 bits per heavy atom. The summed E-state index contributed by atoms with van der Waals surface area (Å²) in [6.45, 7) is 0.336. The van der Waals surface area contributed by atoms with E-state index in [2.05, 4.69) is 9.47 Å². The van der Waals surface area contributed by atoms with Crippen LogP contribution >= 0.6 is 0 Å². The van der Waals surface area contributed by atoms with E-state index in [-0.39, 0.29) is 46.7 Å². The number of ether oxygens (including phenoxy) is 4. The number of esters is 2. The molecule has 9 nitrogen and oxygen atoms in total. The predicted octanol–water partition coefficient (Wildman–Crippen LogP) is 4.67. The first-order valence-electron chi connectivity index (χ1n) is 9.28. The summed E-state index contributed by atoms with van der Waals surface area (Å²) < 4.78 is 19.7. The standard InChI is InChI=1S/C11H12O5.C11H10O4.3CH4/c1-15-11(14)8-4-2-3-5-9(8)16-7-6-10(12)13;1-14-11(13)8-4-2-3-7-9(12)5-6-15-10(7)8;;;/h2-5H,6-7H2,1H3,(H,12,13);2-4H,5-6H2,1H3;3*1H4. The minimum atomic E-state index is -0.949. The smallest absolute Gasteiger partial charge is 0.341 e. The van der Waals surface area contributed by atoms with Crippen molar-refractivity contribution in [2.45, 2.75) is 35.1 Å². The first-order valence-corrected chi connectivity index (χ1v) is 9.28. The molecule has 1 aliphatic rings. The van der Waals surface area contributed by atoms with Crippen molar-refractivity contribution in [1.82, 2.24) is 0 Å². The molecule has 0 saturated carbocycles. The van der Waals surface area contributed by atoms with Crippen molar-refractivity contribution in [3.63, 3.8) is 0 Å². The van der Waals surface area contributed by atoms with Crippen molar-refractivity contribution in [1.29, 1.82) is 0 Å². The van der Waals surface area contributed by atoms with Crippen LogP contribution in [-0.2, 0) is 14.3 Å². The third-order valence-electron chi connectivity index (χ3n) is 4.16. The van der Waals surface area contributed by atoms with Crippen LogP contribution < -0.4 is 9.47 Å². The Kier molecular flexibility index (Phi) is 15.1. The zero-order valence-electron chi connectivity index (χ0n) is 17.1. The second kappa shape index (κ2) is 15.8. The van der Waals surface area contributed by atoms with Crippen LogP contribution in [-0.4, -0.2) is 56.2 Å². The maximum Gasteiger partial charge on any atom is 0.341 e. The molecule has 0 amide bonds. The molecule has 3 rings (SSSR count). The number of Topliss-reactive ketones (excluding diaryl/α,β-unsaturated/α-hetero) is 1. The first-order chi connectivity index (χ1) is 14.9. The third kappa shape index (κ3) is 8.57. The van der Waals surface area contributed by atoms with E-state index in [0.717, 1.165) is 0 Å². The van der Waals surface area contributed by atoms with Crippen molar-refractivity contribution in [2.24, 2.45) is 0 Å². The number of hydrogen-bond donors (Lipinski definition) is 1. The number of methoxy groups -OCH3 is 2.